The fourth-order valence-electron chi connectivity index (χ4n) is 2.82. The Morgan fingerprint density at radius 2 is 2.33 bits per heavy atom. The molecule has 1 N–H and O–H groups in total. The van der Waals surface area contributed by atoms with Gasteiger partial charge in [0.05, 0.1) is 18.2 Å². The average molecular weight is 349 g/mol. The summed E-state index contributed by atoms with van der Waals surface area (Å²) in [5.74, 6) is 0.333. The maximum absolute atomic E-state index is 12.7. The fraction of sp³-hybridized carbons (Fsp3) is 0.467. The van der Waals surface area contributed by atoms with Crippen molar-refractivity contribution in [2.45, 2.75) is 25.8 Å². The number of hydrogen-bond acceptors (Lipinski definition) is 6. The van der Waals surface area contributed by atoms with E-state index in [2.05, 4.69) is 15.5 Å². The monoisotopic (exact) mass is 349 g/mol. The van der Waals surface area contributed by atoms with E-state index < -0.39 is 5.97 Å². The molecule has 8 nitrogen and oxygen atoms in total. The Morgan fingerprint density at radius 3 is 3.04 bits per heavy atom. The third-order valence-electron chi connectivity index (χ3n) is 3.94. The van der Waals surface area contributed by atoms with Crippen molar-refractivity contribution in [1.29, 1.82) is 0 Å². The van der Waals surface area contributed by atoms with E-state index in [4.69, 9.17) is 4.74 Å². The lowest BCUT2D eigenvalue weighted by atomic mass is 10.2. The first-order valence-corrected chi connectivity index (χ1v) is 8.66. The largest absolute Gasteiger partial charge is 0.462 e. The number of carbonyl (C=O) groups is 2. The number of amides is 2. The molecule has 1 fully saturated rings. The molecule has 3 heterocycles. The minimum absolute atomic E-state index is 0.108. The number of rotatable bonds is 4. The van der Waals surface area contributed by atoms with Crippen molar-refractivity contribution >= 4 is 28.3 Å². The number of likely N-dealkylation sites (tertiary alicyclic amines) is 1. The number of aryl methyl sites for hydroxylation is 1. The SMILES string of the molecule is CCOC(=O)c1ccsc1NC(=O)N1CCC[C@@H]1c1nncn1C. The molecule has 0 bridgehead atoms. The molecule has 3 rings (SSSR count). The minimum Gasteiger partial charge on any atom is -0.462 e. The van der Waals surface area contributed by atoms with Gasteiger partial charge in [0.1, 0.15) is 11.3 Å². The molecule has 2 amide bonds. The van der Waals surface area contributed by atoms with Gasteiger partial charge in [-0.3, -0.25) is 5.32 Å². The van der Waals surface area contributed by atoms with E-state index in [1.807, 2.05) is 11.6 Å². The molecular formula is C15H19N5O3S. The second-order valence-corrected chi connectivity index (χ2v) is 6.38. The van der Waals surface area contributed by atoms with E-state index in [9.17, 15) is 9.59 Å². The summed E-state index contributed by atoms with van der Waals surface area (Å²) in [5, 5.41) is 13.1. The highest BCUT2D eigenvalue weighted by molar-refractivity contribution is 7.14. The summed E-state index contributed by atoms with van der Waals surface area (Å²) in [6.07, 6.45) is 3.37. The summed E-state index contributed by atoms with van der Waals surface area (Å²) >= 11 is 1.30. The van der Waals surface area contributed by atoms with Crippen molar-refractivity contribution in [1.82, 2.24) is 19.7 Å². The van der Waals surface area contributed by atoms with Crippen LogP contribution in [0.4, 0.5) is 9.80 Å². The lowest BCUT2D eigenvalue weighted by molar-refractivity contribution is 0.0528. The maximum atomic E-state index is 12.7. The van der Waals surface area contributed by atoms with Gasteiger partial charge in [-0.15, -0.1) is 21.5 Å². The Kier molecular flexibility index (Phi) is 4.79. The van der Waals surface area contributed by atoms with E-state index >= 15 is 0 Å². The van der Waals surface area contributed by atoms with Crippen molar-refractivity contribution in [3.8, 4) is 0 Å². The first kappa shape index (κ1) is 16.4. The third kappa shape index (κ3) is 3.12. The average Bonchev–Trinajstić information content (AvgIpc) is 3.26. The topological polar surface area (TPSA) is 89.3 Å². The summed E-state index contributed by atoms with van der Waals surface area (Å²) < 4.78 is 6.84. The number of thiophene rings is 1. The Balaban J connectivity index is 1.74. The van der Waals surface area contributed by atoms with Gasteiger partial charge in [0.2, 0.25) is 0 Å². The van der Waals surface area contributed by atoms with Gasteiger partial charge in [-0.2, -0.15) is 0 Å². The van der Waals surface area contributed by atoms with Crippen LogP contribution in [0.5, 0.6) is 0 Å². The van der Waals surface area contributed by atoms with E-state index in [1.54, 1.807) is 29.6 Å². The number of carbonyl (C=O) groups excluding carboxylic acids is 2. The number of hydrogen-bond donors (Lipinski definition) is 1. The van der Waals surface area contributed by atoms with Gasteiger partial charge in [0.25, 0.3) is 0 Å². The normalized spacial score (nSPS) is 17.1. The molecule has 0 aliphatic carbocycles. The summed E-state index contributed by atoms with van der Waals surface area (Å²) in [5.41, 5.74) is 0.379. The second-order valence-electron chi connectivity index (χ2n) is 5.47. The van der Waals surface area contributed by atoms with Crippen LogP contribution in [0, 0.1) is 0 Å². The molecule has 9 heteroatoms. The molecule has 0 unspecified atom stereocenters. The molecule has 0 spiro atoms. The molecule has 128 valence electrons. The number of nitrogens with one attached hydrogen (secondary N) is 1. The van der Waals surface area contributed by atoms with Crippen LogP contribution in [0.15, 0.2) is 17.8 Å². The van der Waals surface area contributed by atoms with E-state index in [0.29, 0.717) is 23.7 Å². The molecule has 1 atom stereocenters. The molecule has 0 aromatic carbocycles. The molecule has 0 saturated carbocycles. The summed E-state index contributed by atoms with van der Waals surface area (Å²) in [4.78, 5) is 26.3. The quantitative estimate of drug-likeness (QED) is 0.856. The van der Waals surface area contributed by atoms with E-state index in [1.165, 1.54) is 11.3 Å². The zero-order valence-corrected chi connectivity index (χ0v) is 14.4. The highest BCUT2D eigenvalue weighted by atomic mass is 32.1. The molecule has 2 aromatic rings. The van der Waals surface area contributed by atoms with Crippen molar-refractivity contribution in [2.75, 3.05) is 18.5 Å². The smallest absolute Gasteiger partial charge is 0.341 e. The number of anilines is 1. The summed E-state index contributed by atoms with van der Waals surface area (Å²) in [6, 6.07) is 1.31. The van der Waals surface area contributed by atoms with Crippen LogP contribution >= 0.6 is 11.3 Å². The molecule has 24 heavy (non-hydrogen) atoms. The zero-order chi connectivity index (χ0) is 17.1. The number of aromatic nitrogens is 3. The minimum atomic E-state index is -0.430. The van der Waals surface area contributed by atoms with Gasteiger partial charge in [-0.25, -0.2) is 9.59 Å². The van der Waals surface area contributed by atoms with Crippen LogP contribution < -0.4 is 5.32 Å². The van der Waals surface area contributed by atoms with Gasteiger partial charge in [-0.1, -0.05) is 0 Å². The first-order chi connectivity index (χ1) is 11.6. The van der Waals surface area contributed by atoms with Crippen LogP contribution in [0.1, 0.15) is 42.0 Å². The molecule has 0 radical (unpaired) electrons. The maximum Gasteiger partial charge on any atom is 0.341 e. The van der Waals surface area contributed by atoms with Gasteiger partial charge in [0, 0.05) is 13.6 Å². The van der Waals surface area contributed by atoms with Crippen molar-refractivity contribution in [2.24, 2.45) is 7.05 Å². The van der Waals surface area contributed by atoms with E-state index in [-0.39, 0.29) is 12.1 Å². The standard InChI is InChI=1S/C15H19N5O3S/c1-3-23-14(21)10-6-8-24-13(10)17-15(22)20-7-4-5-11(20)12-18-16-9-19(12)2/h6,8-9,11H,3-5,7H2,1-2H3,(H,17,22)/t11-/m1/s1. The molecular weight excluding hydrogens is 330 g/mol. The van der Waals surface area contributed by atoms with Gasteiger partial charge in [0.15, 0.2) is 5.82 Å². The first-order valence-electron chi connectivity index (χ1n) is 7.78. The predicted octanol–water partition coefficient (Wildman–Crippen LogP) is 2.42. The molecule has 1 aliphatic rings. The highest BCUT2D eigenvalue weighted by Crippen LogP contribution is 2.32. The Labute approximate surface area is 143 Å². The zero-order valence-electron chi connectivity index (χ0n) is 13.6. The lowest BCUT2D eigenvalue weighted by Crippen LogP contribution is -2.35. The Hall–Kier alpha value is -2.42. The fourth-order valence-corrected chi connectivity index (χ4v) is 3.58. The second kappa shape index (κ2) is 7.00. The number of urea groups is 1. The highest BCUT2D eigenvalue weighted by Gasteiger charge is 2.33. The lowest BCUT2D eigenvalue weighted by Gasteiger charge is -2.24. The molecule has 2 aromatic heterocycles. The summed E-state index contributed by atoms with van der Waals surface area (Å²) in [7, 11) is 1.86. The van der Waals surface area contributed by atoms with Gasteiger partial charge >= 0.3 is 12.0 Å². The van der Waals surface area contributed by atoms with Gasteiger partial charge < -0.3 is 14.2 Å². The van der Waals surface area contributed by atoms with Gasteiger partial charge in [-0.05, 0) is 31.2 Å². The number of ether oxygens (including phenoxy) is 1. The molecule has 1 saturated heterocycles. The number of esters is 1. The van der Waals surface area contributed by atoms with Crippen molar-refractivity contribution in [3.05, 3.63) is 29.2 Å². The third-order valence-corrected chi connectivity index (χ3v) is 4.77. The molecule has 1 aliphatic heterocycles. The van der Waals surface area contributed by atoms with Crippen LogP contribution in [0.3, 0.4) is 0 Å². The Morgan fingerprint density at radius 1 is 1.50 bits per heavy atom. The van der Waals surface area contributed by atoms with Crippen molar-refractivity contribution in [3.63, 3.8) is 0 Å². The number of nitrogens with zero attached hydrogens (tertiary/aromatic N) is 4. The van der Waals surface area contributed by atoms with Crippen molar-refractivity contribution < 1.29 is 14.3 Å². The van der Waals surface area contributed by atoms with Crippen LogP contribution in [-0.4, -0.2) is 44.8 Å². The Bertz CT molecular complexity index is 741. The van der Waals surface area contributed by atoms with E-state index in [0.717, 1.165) is 18.7 Å². The predicted molar refractivity (Wildman–Crippen MR) is 89.0 cm³/mol. The van der Waals surface area contributed by atoms with Crippen LogP contribution in [0.25, 0.3) is 0 Å². The van der Waals surface area contributed by atoms with Crippen LogP contribution in [0.2, 0.25) is 0 Å². The van der Waals surface area contributed by atoms with Crippen LogP contribution in [-0.2, 0) is 11.8 Å². The summed E-state index contributed by atoms with van der Waals surface area (Å²) in [6.45, 7) is 2.68.